The Balaban J connectivity index is 1.89. The van der Waals surface area contributed by atoms with Crippen molar-refractivity contribution in [1.82, 2.24) is 5.32 Å². The van der Waals surface area contributed by atoms with Gasteiger partial charge in [-0.15, -0.1) is 0 Å². The van der Waals surface area contributed by atoms with Gasteiger partial charge in [-0.1, -0.05) is 18.2 Å². The number of thiocarbonyl (C=S) groups is 1. The maximum absolute atomic E-state index is 11.9. The molecule has 0 aliphatic rings. The lowest BCUT2D eigenvalue weighted by Gasteiger charge is -2.08. The number of carbonyl (C=O) groups is 2. The molecule has 0 saturated heterocycles. The maximum Gasteiger partial charge on any atom is 0.250 e. The minimum atomic E-state index is -0.540. The van der Waals surface area contributed by atoms with Gasteiger partial charge in [-0.3, -0.25) is 14.9 Å². The highest BCUT2D eigenvalue weighted by Gasteiger charge is 2.04. The molecule has 0 saturated carbocycles. The van der Waals surface area contributed by atoms with E-state index in [1.165, 1.54) is 6.08 Å². The van der Waals surface area contributed by atoms with Crippen LogP contribution in [0, 0.1) is 0 Å². The zero-order chi connectivity index (χ0) is 18.9. The fourth-order valence-corrected chi connectivity index (χ4v) is 2.30. The highest BCUT2D eigenvalue weighted by atomic mass is 32.1. The molecular formula is C19H19N3O3S. The first-order chi connectivity index (χ1) is 12.5. The number of hydrogen-bond acceptors (Lipinski definition) is 4. The number of ether oxygens (including phenoxy) is 1. The zero-order valence-electron chi connectivity index (χ0n) is 14.2. The van der Waals surface area contributed by atoms with Crippen LogP contribution in [-0.2, 0) is 4.79 Å². The molecule has 2 rings (SSSR count). The van der Waals surface area contributed by atoms with Gasteiger partial charge in [0.25, 0.3) is 0 Å². The summed E-state index contributed by atoms with van der Waals surface area (Å²) in [5.74, 6) is -0.137. The van der Waals surface area contributed by atoms with Gasteiger partial charge in [0, 0.05) is 17.3 Å². The first-order valence-corrected chi connectivity index (χ1v) is 8.31. The van der Waals surface area contributed by atoms with Gasteiger partial charge >= 0.3 is 0 Å². The number of nitrogens with two attached hydrogens (primary N) is 1. The molecular weight excluding hydrogens is 350 g/mol. The Morgan fingerprint density at radius 2 is 1.92 bits per heavy atom. The van der Waals surface area contributed by atoms with Crippen LogP contribution in [0.25, 0.3) is 6.08 Å². The van der Waals surface area contributed by atoms with E-state index in [0.29, 0.717) is 17.9 Å². The maximum atomic E-state index is 11.9. The number of nitrogens with one attached hydrogen (secondary N) is 2. The Kier molecular flexibility index (Phi) is 6.87. The summed E-state index contributed by atoms with van der Waals surface area (Å²) in [7, 11) is 0. The standard InChI is InChI=1S/C19H19N3O3S/c1-2-25-16-9-6-13(7-10-16)8-11-17(23)22-19(26)21-15-5-3-4-14(12-15)18(20)24/h3-12H,2H2,1H3,(H2,20,24)(H2,21,22,23,26)/b11-8+. The number of rotatable bonds is 6. The summed E-state index contributed by atoms with van der Waals surface area (Å²) in [6.07, 6.45) is 3.05. The molecule has 0 radical (unpaired) electrons. The lowest BCUT2D eigenvalue weighted by atomic mass is 10.2. The highest BCUT2D eigenvalue weighted by molar-refractivity contribution is 7.80. The molecule has 2 amide bonds. The molecule has 0 atom stereocenters. The predicted molar refractivity (Wildman–Crippen MR) is 106 cm³/mol. The van der Waals surface area contributed by atoms with Crippen molar-refractivity contribution >= 4 is 40.9 Å². The van der Waals surface area contributed by atoms with Crippen molar-refractivity contribution < 1.29 is 14.3 Å². The fourth-order valence-electron chi connectivity index (χ4n) is 2.08. The number of primary amides is 1. The third-order valence-corrected chi connectivity index (χ3v) is 3.46. The van der Waals surface area contributed by atoms with E-state index in [-0.39, 0.29) is 11.0 Å². The van der Waals surface area contributed by atoms with Crippen LogP contribution >= 0.6 is 12.2 Å². The van der Waals surface area contributed by atoms with E-state index in [0.717, 1.165) is 11.3 Å². The van der Waals surface area contributed by atoms with Crippen LogP contribution < -0.4 is 21.1 Å². The van der Waals surface area contributed by atoms with Crippen LogP contribution in [0.5, 0.6) is 5.75 Å². The van der Waals surface area contributed by atoms with Crippen LogP contribution in [0.1, 0.15) is 22.8 Å². The Labute approximate surface area is 157 Å². The van der Waals surface area contributed by atoms with E-state index in [1.807, 2.05) is 31.2 Å². The van der Waals surface area contributed by atoms with Crippen LogP contribution in [0.4, 0.5) is 5.69 Å². The van der Waals surface area contributed by atoms with Gasteiger partial charge in [0.2, 0.25) is 11.8 Å². The Morgan fingerprint density at radius 1 is 1.19 bits per heavy atom. The van der Waals surface area contributed by atoms with Crippen molar-refractivity contribution in [3.63, 3.8) is 0 Å². The second kappa shape index (κ2) is 9.33. The molecule has 0 aliphatic carbocycles. The van der Waals surface area contributed by atoms with Gasteiger partial charge in [0.05, 0.1) is 6.61 Å². The number of anilines is 1. The van der Waals surface area contributed by atoms with E-state index in [9.17, 15) is 9.59 Å². The van der Waals surface area contributed by atoms with Crippen molar-refractivity contribution in [1.29, 1.82) is 0 Å². The molecule has 6 nitrogen and oxygen atoms in total. The summed E-state index contributed by atoms with van der Waals surface area (Å²) >= 11 is 5.09. The van der Waals surface area contributed by atoms with Crippen molar-refractivity contribution in [2.24, 2.45) is 5.73 Å². The van der Waals surface area contributed by atoms with Crippen LogP contribution in [0.15, 0.2) is 54.6 Å². The van der Waals surface area contributed by atoms with E-state index in [1.54, 1.807) is 30.3 Å². The number of hydrogen-bond donors (Lipinski definition) is 3. The average molecular weight is 369 g/mol. The molecule has 134 valence electrons. The third-order valence-electron chi connectivity index (χ3n) is 3.26. The first kappa shape index (κ1) is 19.1. The molecule has 0 spiro atoms. The quantitative estimate of drug-likeness (QED) is 0.538. The first-order valence-electron chi connectivity index (χ1n) is 7.90. The molecule has 7 heteroatoms. The van der Waals surface area contributed by atoms with E-state index >= 15 is 0 Å². The molecule has 0 heterocycles. The lowest BCUT2D eigenvalue weighted by molar-refractivity contribution is -0.115. The number of benzene rings is 2. The van der Waals surface area contributed by atoms with Crippen molar-refractivity contribution in [3.8, 4) is 5.75 Å². The molecule has 4 N–H and O–H groups in total. The van der Waals surface area contributed by atoms with Crippen LogP contribution in [-0.4, -0.2) is 23.5 Å². The summed E-state index contributed by atoms with van der Waals surface area (Å²) in [6, 6.07) is 13.9. The Hall–Kier alpha value is -3.19. The smallest absolute Gasteiger partial charge is 0.250 e. The van der Waals surface area contributed by atoms with E-state index in [2.05, 4.69) is 10.6 Å². The SMILES string of the molecule is CCOc1ccc(/C=C/C(=O)NC(=S)Nc2cccc(C(N)=O)c2)cc1. The van der Waals surface area contributed by atoms with Crippen molar-refractivity contribution in [2.75, 3.05) is 11.9 Å². The van der Waals surface area contributed by atoms with Gasteiger partial charge in [0.1, 0.15) is 5.75 Å². The van der Waals surface area contributed by atoms with Crippen LogP contribution in [0.3, 0.4) is 0 Å². The number of amides is 2. The number of carbonyl (C=O) groups excluding carboxylic acids is 2. The van der Waals surface area contributed by atoms with Gasteiger partial charge < -0.3 is 15.8 Å². The molecule has 0 aromatic heterocycles. The largest absolute Gasteiger partial charge is 0.494 e. The Bertz CT molecular complexity index is 832. The molecule has 0 unspecified atom stereocenters. The monoisotopic (exact) mass is 369 g/mol. The fraction of sp³-hybridized carbons (Fsp3) is 0.105. The van der Waals surface area contributed by atoms with E-state index < -0.39 is 5.91 Å². The predicted octanol–water partition coefficient (Wildman–Crippen LogP) is 2.71. The summed E-state index contributed by atoms with van der Waals surface area (Å²) in [4.78, 5) is 23.1. The summed E-state index contributed by atoms with van der Waals surface area (Å²) in [6.45, 7) is 2.52. The minimum Gasteiger partial charge on any atom is -0.494 e. The molecule has 0 fully saturated rings. The molecule has 0 aliphatic heterocycles. The Morgan fingerprint density at radius 3 is 2.58 bits per heavy atom. The summed E-state index contributed by atoms with van der Waals surface area (Å²) < 4.78 is 5.36. The molecule has 2 aromatic rings. The highest BCUT2D eigenvalue weighted by Crippen LogP contribution is 2.13. The zero-order valence-corrected chi connectivity index (χ0v) is 15.0. The third kappa shape index (κ3) is 6.03. The topological polar surface area (TPSA) is 93.4 Å². The molecule has 2 aromatic carbocycles. The van der Waals surface area contributed by atoms with E-state index in [4.69, 9.17) is 22.7 Å². The lowest BCUT2D eigenvalue weighted by Crippen LogP contribution is -2.32. The average Bonchev–Trinajstić information content (AvgIpc) is 2.61. The molecule has 26 heavy (non-hydrogen) atoms. The van der Waals surface area contributed by atoms with Crippen molar-refractivity contribution in [2.45, 2.75) is 6.92 Å². The van der Waals surface area contributed by atoms with Gasteiger partial charge in [-0.25, -0.2) is 0 Å². The van der Waals surface area contributed by atoms with Gasteiger partial charge in [-0.2, -0.15) is 0 Å². The minimum absolute atomic E-state index is 0.118. The van der Waals surface area contributed by atoms with Gasteiger partial charge in [-0.05, 0) is 61.1 Å². The normalized spacial score (nSPS) is 10.3. The summed E-state index contributed by atoms with van der Waals surface area (Å²) in [5, 5.41) is 5.48. The second-order valence-electron chi connectivity index (χ2n) is 5.22. The van der Waals surface area contributed by atoms with Gasteiger partial charge in [0.15, 0.2) is 5.11 Å². The van der Waals surface area contributed by atoms with Crippen molar-refractivity contribution in [3.05, 3.63) is 65.7 Å². The summed E-state index contributed by atoms with van der Waals surface area (Å²) in [5.41, 5.74) is 6.99. The second-order valence-corrected chi connectivity index (χ2v) is 5.63. The van der Waals surface area contributed by atoms with Crippen LogP contribution in [0.2, 0.25) is 0 Å². The molecule has 0 bridgehead atoms.